The number of nitrogens with zero attached hydrogens (tertiary/aromatic N) is 5. The summed E-state index contributed by atoms with van der Waals surface area (Å²) in [6.45, 7) is 5.43. The molecule has 0 spiro atoms. The van der Waals surface area contributed by atoms with Gasteiger partial charge < -0.3 is 9.80 Å². The summed E-state index contributed by atoms with van der Waals surface area (Å²) in [5.74, 6) is 1.95. The maximum atomic E-state index is 4.49. The highest BCUT2D eigenvalue weighted by Crippen LogP contribution is 2.23. The van der Waals surface area contributed by atoms with Crippen LogP contribution in [0.4, 0.5) is 11.6 Å². The lowest BCUT2D eigenvalue weighted by Gasteiger charge is -2.38. The molecule has 0 bridgehead atoms. The van der Waals surface area contributed by atoms with Gasteiger partial charge in [-0.2, -0.15) is 0 Å². The summed E-state index contributed by atoms with van der Waals surface area (Å²) in [4.78, 5) is 15.7. The maximum Gasteiger partial charge on any atom is 0.134 e. The molecular formula is C20H29N5. The highest BCUT2D eigenvalue weighted by atomic mass is 15.3. The van der Waals surface area contributed by atoms with E-state index in [9.17, 15) is 0 Å². The van der Waals surface area contributed by atoms with Gasteiger partial charge in [0.1, 0.15) is 18.0 Å². The first-order valence-corrected chi connectivity index (χ1v) is 9.03. The zero-order valence-electron chi connectivity index (χ0n) is 15.8. The van der Waals surface area contributed by atoms with Crippen molar-refractivity contribution in [2.24, 2.45) is 0 Å². The predicted molar refractivity (Wildman–Crippen MR) is 104 cm³/mol. The molecule has 1 fully saturated rings. The Hall–Kier alpha value is -2.14. The molecule has 2 heterocycles. The molecule has 2 aromatic rings. The number of aromatic nitrogens is 2. The lowest BCUT2D eigenvalue weighted by molar-refractivity contribution is 0.198. The molecule has 0 aliphatic carbocycles. The van der Waals surface area contributed by atoms with Gasteiger partial charge >= 0.3 is 0 Å². The van der Waals surface area contributed by atoms with E-state index in [2.05, 4.69) is 64.1 Å². The van der Waals surface area contributed by atoms with Crippen molar-refractivity contribution in [3.8, 4) is 0 Å². The van der Waals surface area contributed by atoms with Crippen LogP contribution >= 0.6 is 0 Å². The SMILES string of the molecule is Cc1cccc(CN2CCCC(N(C)c3cc(N(C)C)ncn3)C2)c1. The molecule has 1 aromatic carbocycles. The number of hydrogen-bond acceptors (Lipinski definition) is 5. The molecular weight excluding hydrogens is 310 g/mol. The first-order chi connectivity index (χ1) is 12.0. The lowest BCUT2D eigenvalue weighted by atomic mass is 10.0. The van der Waals surface area contributed by atoms with Crippen LogP contribution in [0, 0.1) is 6.92 Å². The highest BCUT2D eigenvalue weighted by Gasteiger charge is 2.24. The summed E-state index contributed by atoms with van der Waals surface area (Å²) < 4.78 is 0. The lowest BCUT2D eigenvalue weighted by Crippen LogP contribution is -2.46. The molecule has 5 heteroatoms. The summed E-state index contributed by atoms with van der Waals surface area (Å²) in [7, 11) is 6.18. The number of likely N-dealkylation sites (tertiary alicyclic amines) is 1. The van der Waals surface area contributed by atoms with Gasteiger partial charge in [0, 0.05) is 46.3 Å². The third-order valence-corrected chi connectivity index (χ3v) is 4.97. The highest BCUT2D eigenvalue weighted by molar-refractivity contribution is 5.49. The average molecular weight is 339 g/mol. The van der Waals surface area contributed by atoms with Crippen LogP contribution in [0.3, 0.4) is 0 Å². The summed E-state index contributed by atoms with van der Waals surface area (Å²) >= 11 is 0. The van der Waals surface area contributed by atoms with Crippen molar-refractivity contribution in [3.63, 3.8) is 0 Å². The molecule has 0 saturated carbocycles. The second-order valence-electron chi connectivity index (χ2n) is 7.26. The second-order valence-corrected chi connectivity index (χ2v) is 7.26. The third-order valence-electron chi connectivity index (χ3n) is 4.97. The number of piperidine rings is 1. The summed E-state index contributed by atoms with van der Waals surface area (Å²) in [6.07, 6.45) is 4.10. The van der Waals surface area contributed by atoms with Gasteiger partial charge in [0.2, 0.25) is 0 Å². The average Bonchev–Trinajstić information content (AvgIpc) is 2.61. The fourth-order valence-corrected chi connectivity index (χ4v) is 3.52. The Morgan fingerprint density at radius 2 is 1.92 bits per heavy atom. The van der Waals surface area contributed by atoms with Gasteiger partial charge in [-0.25, -0.2) is 9.97 Å². The fraction of sp³-hybridized carbons (Fsp3) is 0.500. The van der Waals surface area contributed by atoms with E-state index >= 15 is 0 Å². The van der Waals surface area contributed by atoms with Gasteiger partial charge in [-0.3, -0.25) is 4.90 Å². The molecule has 0 N–H and O–H groups in total. The van der Waals surface area contributed by atoms with Crippen molar-refractivity contribution >= 4 is 11.6 Å². The van der Waals surface area contributed by atoms with E-state index in [0.717, 1.165) is 24.7 Å². The molecule has 1 aromatic heterocycles. The van der Waals surface area contributed by atoms with Crippen LogP contribution in [-0.4, -0.2) is 55.1 Å². The normalized spacial score (nSPS) is 18.2. The van der Waals surface area contributed by atoms with E-state index in [1.165, 1.54) is 30.5 Å². The van der Waals surface area contributed by atoms with Crippen LogP contribution in [0.25, 0.3) is 0 Å². The first-order valence-electron chi connectivity index (χ1n) is 9.03. The van der Waals surface area contributed by atoms with Crippen molar-refractivity contribution in [1.29, 1.82) is 0 Å². The summed E-state index contributed by atoms with van der Waals surface area (Å²) in [5, 5.41) is 0. The van der Waals surface area contributed by atoms with Crippen LogP contribution in [0.1, 0.15) is 24.0 Å². The molecule has 1 unspecified atom stereocenters. The number of rotatable bonds is 5. The van der Waals surface area contributed by atoms with Gasteiger partial charge in [0.15, 0.2) is 0 Å². The van der Waals surface area contributed by atoms with Crippen LogP contribution in [0.5, 0.6) is 0 Å². The topological polar surface area (TPSA) is 35.5 Å². The van der Waals surface area contributed by atoms with E-state index in [1.54, 1.807) is 6.33 Å². The van der Waals surface area contributed by atoms with Gasteiger partial charge in [-0.15, -0.1) is 0 Å². The van der Waals surface area contributed by atoms with Gasteiger partial charge in [0.05, 0.1) is 0 Å². The molecule has 134 valence electrons. The summed E-state index contributed by atoms with van der Waals surface area (Å²) in [5.41, 5.74) is 2.74. The largest absolute Gasteiger partial charge is 0.363 e. The minimum atomic E-state index is 0.489. The number of aryl methyl sites for hydroxylation is 1. The molecule has 3 rings (SSSR count). The van der Waals surface area contributed by atoms with Crippen molar-refractivity contribution in [1.82, 2.24) is 14.9 Å². The molecule has 1 aliphatic rings. The van der Waals surface area contributed by atoms with Crippen LogP contribution in [-0.2, 0) is 6.54 Å². The molecule has 5 nitrogen and oxygen atoms in total. The molecule has 1 aliphatic heterocycles. The maximum absolute atomic E-state index is 4.49. The number of hydrogen-bond donors (Lipinski definition) is 0. The standard InChI is InChI=1S/C20H29N5/c1-16-7-5-8-17(11-16)13-25-10-6-9-18(14-25)24(4)20-12-19(23(2)3)21-15-22-20/h5,7-8,11-12,15,18H,6,9-10,13-14H2,1-4H3. The van der Waals surface area contributed by atoms with Gasteiger partial charge in [0.25, 0.3) is 0 Å². The van der Waals surface area contributed by atoms with E-state index in [-0.39, 0.29) is 0 Å². The Bertz CT molecular complexity index is 700. The van der Waals surface area contributed by atoms with Crippen molar-refractivity contribution in [2.45, 2.75) is 32.4 Å². The first kappa shape index (κ1) is 17.7. The Balaban J connectivity index is 1.67. The number of benzene rings is 1. The Labute approximate surface area is 151 Å². The number of likely N-dealkylation sites (N-methyl/N-ethyl adjacent to an activating group) is 1. The second kappa shape index (κ2) is 7.83. The van der Waals surface area contributed by atoms with E-state index in [0.29, 0.717) is 6.04 Å². The van der Waals surface area contributed by atoms with E-state index < -0.39 is 0 Å². The molecule has 25 heavy (non-hydrogen) atoms. The van der Waals surface area contributed by atoms with Crippen LogP contribution in [0.2, 0.25) is 0 Å². The molecule has 1 atom stereocenters. The fourth-order valence-electron chi connectivity index (χ4n) is 3.52. The van der Waals surface area contributed by atoms with E-state index in [4.69, 9.17) is 0 Å². The van der Waals surface area contributed by atoms with Crippen molar-refractivity contribution in [2.75, 3.05) is 44.0 Å². The minimum Gasteiger partial charge on any atom is -0.363 e. The van der Waals surface area contributed by atoms with Crippen LogP contribution < -0.4 is 9.80 Å². The van der Waals surface area contributed by atoms with Crippen molar-refractivity contribution < 1.29 is 0 Å². The van der Waals surface area contributed by atoms with Gasteiger partial charge in [-0.05, 0) is 31.9 Å². The smallest absolute Gasteiger partial charge is 0.134 e. The van der Waals surface area contributed by atoms with Crippen LogP contribution in [0.15, 0.2) is 36.7 Å². The third kappa shape index (κ3) is 4.48. The number of anilines is 2. The summed E-state index contributed by atoms with van der Waals surface area (Å²) in [6, 6.07) is 11.4. The Morgan fingerprint density at radius 1 is 1.12 bits per heavy atom. The Morgan fingerprint density at radius 3 is 2.68 bits per heavy atom. The predicted octanol–water partition coefficient (Wildman–Crippen LogP) is 2.95. The zero-order valence-corrected chi connectivity index (χ0v) is 15.8. The van der Waals surface area contributed by atoms with Gasteiger partial charge in [-0.1, -0.05) is 29.8 Å². The van der Waals surface area contributed by atoms with Crippen molar-refractivity contribution in [3.05, 3.63) is 47.8 Å². The Kier molecular flexibility index (Phi) is 5.53. The quantitative estimate of drug-likeness (QED) is 0.837. The molecule has 1 saturated heterocycles. The van der Waals surface area contributed by atoms with E-state index in [1.807, 2.05) is 19.0 Å². The molecule has 0 amide bonds. The molecule has 0 radical (unpaired) electrons. The monoisotopic (exact) mass is 339 g/mol. The zero-order chi connectivity index (χ0) is 17.8. The minimum absolute atomic E-state index is 0.489.